The second kappa shape index (κ2) is 5.70. The zero-order chi connectivity index (χ0) is 12.0. The zero-order valence-corrected chi connectivity index (χ0v) is 8.93. The number of para-hydroxylation sites is 1. The highest BCUT2D eigenvalue weighted by atomic mass is 16.4. The number of carbonyl (C=O) groups excluding carboxylic acids is 1. The maximum Gasteiger partial charge on any atom is 0.307 e. The van der Waals surface area contributed by atoms with Gasteiger partial charge in [-0.25, -0.2) is 0 Å². The first-order valence-corrected chi connectivity index (χ1v) is 4.83. The smallest absolute Gasteiger partial charge is 0.307 e. The van der Waals surface area contributed by atoms with Crippen LogP contribution in [0, 0.1) is 0 Å². The van der Waals surface area contributed by atoms with Gasteiger partial charge in [-0.15, -0.1) is 0 Å². The normalized spacial score (nSPS) is 10.9. The number of aliphatic carboxylic acids is 1. The van der Waals surface area contributed by atoms with E-state index in [4.69, 9.17) is 5.11 Å². The lowest BCUT2D eigenvalue weighted by Crippen LogP contribution is -2.09. The molecule has 4 nitrogen and oxygen atoms in total. The van der Waals surface area contributed by atoms with E-state index in [1.165, 1.54) is 6.08 Å². The molecule has 0 bridgehead atoms. The Morgan fingerprint density at radius 2 is 1.94 bits per heavy atom. The van der Waals surface area contributed by atoms with E-state index in [1.807, 2.05) is 18.2 Å². The first-order chi connectivity index (χ1) is 7.58. The highest BCUT2D eigenvalue weighted by molar-refractivity contribution is 6.00. The van der Waals surface area contributed by atoms with Crippen molar-refractivity contribution in [3.8, 4) is 0 Å². The number of benzene rings is 1. The van der Waals surface area contributed by atoms with E-state index in [-0.39, 0.29) is 12.3 Å². The first-order valence-electron chi connectivity index (χ1n) is 4.83. The number of nitrogens with one attached hydrogen (secondary N) is 1. The third-order valence-electron chi connectivity index (χ3n) is 1.85. The van der Waals surface area contributed by atoms with Crippen molar-refractivity contribution >= 4 is 17.6 Å². The summed E-state index contributed by atoms with van der Waals surface area (Å²) < 4.78 is 0. The third kappa shape index (κ3) is 4.41. The molecule has 1 rings (SSSR count). The Morgan fingerprint density at radius 1 is 1.31 bits per heavy atom. The molecule has 16 heavy (non-hydrogen) atoms. The molecule has 4 heteroatoms. The van der Waals surface area contributed by atoms with Gasteiger partial charge in [0.2, 0.25) is 5.91 Å². The molecule has 0 heterocycles. The summed E-state index contributed by atoms with van der Waals surface area (Å²) in [5.74, 6) is -1.26. The minimum absolute atomic E-state index is 0.123. The number of hydrogen-bond donors (Lipinski definition) is 2. The summed E-state index contributed by atoms with van der Waals surface area (Å²) in [5.41, 5.74) is 1.20. The fourth-order valence-electron chi connectivity index (χ4n) is 1.21. The molecule has 0 saturated heterocycles. The molecule has 0 unspecified atom stereocenters. The standard InChI is InChI=1S/C12H13NO3/c1-9(8-12(15)16)7-11(14)13-10-5-3-2-4-6-10/h2-7H,8H2,1H3,(H,13,14)(H,15,16)/b9-7+. The summed E-state index contributed by atoms with van der Waals surface area (Å²) >= 11 is 0. The van der Waals surface area contributed by atoms with Crippen LogP contribution in [0.15, 0.2) is 42.0 Å². The fourth-order valence-corrected chi connectivity index (χ4v) is 1.21. The van der Waals surface area contributed by atoms with E-state index in [9.17, 15) is 9.59 Å². The predicted octanol–water partition coefficient (Wildman–Crippen LogP) is 2.05. The van der Waals surface area contributed by atoms with Gasteiger partial charge in [-0.2, -0.15) is 0 Å². The summed E-state index contributed by atoms with van der Waals surface area (Å²) in [6.45, 7) is 1.61. The molecule has 1 aromatic carbocycles. The highest BCUT2D eigenvalue weighted by Gasteiger charge is 2.02. The van der Waals surface area contributed by atoms with Crippen LogP contribution in [0.1, 0.15) is 13.3 Å². The molecule has 1 amide bonds. The second-order valence-corrected chi connectivity index (χ2v) is 3.42. The van der Waals surface area contributed by atoms with Crippen molar-refractivity contribution in [2.45, 2.75) is 13.3 Å². The summed E-state index contributed by atoms with van der Waals surface area (Å²) in [5, 5.41) is 11.2. The van der Waals surface area contributed by atoms with Crippen molar-refractivity contribution in [2.75, 3.05) is 5.32 Å². The molecule has 0 aliphatic carbocycles. The number of carboxylic acids is 1. The average molecular weight is 219 g/mol. The van der Waals surface area contributed by atoms with Gasteiger partial charge in [-0.3, -0.25) is 9.59 Å². The Balaban J connectivity index is 2.57. The van der Waals surface area contributed by atoms with Crippen molar-refractivity contribution in [3.05, 3.63) is 42.0 Å². The largest absolute Gasteiger partial charge is 0.481 e. The monoisotopic (exact) mass is 219 g/mol. The molecule has 0 aromatic heterocycles. The molecule has 0 radical (unpaired) electrons. The summed E-state index contributed by atoms with van der Waals surface area (Å²) in [6, 6.07) is 8.99. The van der Waals surface area contributed by atoms with Gasteiger partial charge in [-0.05, 0) is 19.1 Å². The molecule has 84 valence electrons. The van der Waals surface area contributed by atoms with Crippen LogP contribution in [-0.2, 0) is 9.59 Å². The van der Waals surface area contributed by atoms with Crippen LogP contribution in [-0.4, -0.2) is 17.0 Å². The van der Waals surface area contributed by atoms with E-state index in [1.54, 1.807) is 19.1 Å². The Hall–Kier alpha value is -2.10. The Morgan fingerprint density at radius 3 is 2.50 bits per heavy atom. The van der Waals surface area contributed by atoms with E-state index in [0.29, 0.717) is 11.3 Å². The van der Waals surface area contributed by atoms with Crippen molar-refractivity contribution in [1.29, 1.82) is 0 Å². The zero-order valence-electron chi connectivity index (χ0n) is 8.93. The lowest BCUT2D eigenvalue weighted by Gasteiger charge is -2.02. The molecule has 2 N–H and O–H groups in total. The molecule has 0 saturated carbocycles. The highest BCUT2D eigenvalue weighted by Crippen LogP contribution is 2.06. The molecule has 0 spiro atoms. The molecule has 0 atom stereocenters. The van der Waals surface area contributed by atoms with Gasteiger partial charge in [0, 0.05) is 11.8 Å². The maximum atomic E-state index is 11.4. The van der Waals surface area contributed by atoms with Crippen molar-refractivity contribution in [1.82, 2.24) is 0 Å². The number of rotatable bonds is 4. The van der Waals surface area contributed by atoms with Gasteiger partial charge in [0.15, 0.2) is 0 Å². The second-order valence-electron chi connectivity index (χ2n) is 3.42. The summed E-state index contributed by atoms with van der Waals surface area (Å²) in [6.07, 6.45) is 1.17. The summed E-state index contributed by atoms with van der Waals surface area (Å²) in [7, 11) is 0. The fraction of sp³-hybridized carbons (Fsp3) is 0.167. The van der Waals surface area contributed by atoms with E-state index >= 15 is 0 Å². The third-order valence-corrected chi connectivity index (χ3v) is 1.85. The van der Waals surface area contributed by atoms with Crippen LogP contribution in [0.5, 0.6) is 0 Å². The van der Waals surface area contributed by atoms with Gasteiger partial charge in [0.25, 0.3) is 0 Å². The lowest BCUT2D eigenvalue weighted by atomic mass is 10.2. The SMILES string of the molecule is C/C(=C\C(=O)Nc1ccccc1)CC(=O)O. The minimum atomic E-state index is -0.943. The maximum absolute atomic E-state index is 11.4. The van der Waals surface area contributed by atoms with Crippen molar-refractivity contribution < 1.29 is 14.7 Å². The van der Waals surface area contributed by atoms with E-state index in [0.717, 1.165) is 0 Å². The van der Waals surface area contributed by atoms with Crippen LogP contribution in [0.2, 0.25) is 0 Å². The number of hydrogen-bond acceptors (Lipinski definition) is 2. The van der Waals surface area contributed by atoms with Gasteiger partial charge >= 0.3 is 5.97 Å². The minimum Gasteiger partial charge on any atom is -0.481 e. The Labute approximate surface area is 93.6 Å². The Kier molecular flexibility index (Phi) is 4.27. The number of carbonyl (C=O) groups is 2. The molecule has 0 aliphatic rings. The molecule has 1 aromatic rings. The van der Waals surface area contributed by atoms with Gasteiger partial charge in [-0.1, -0.05) is 23.8 Å². The van der Waals surface area contributed by atoms with Gasteiger partial charge in [0.05, 0.1) is 6.42 Å². The molecular weight excluding hydrogens is 206 g/mol. The predicted molar refractivity (Wildman–Crippen MR) is 61.1 cm³/mol. The first kappa shape index (κ1) is 12.0. The van der Waals surface area contributed by atoms with Crippen molar-refractivity contribution in [3.63, 3.8) is 0 Å². The number of anilines is 1. The molecule has 0 aliphatic heterocycles. The Bertz CT molecular complexity index is 410. The average Bonchev–Trinajstić information content (AvgIpc) is 2.17. The van der Waals surface area contributed by atoms with Crippen LogP contribution < -0.4 is 5.32 Å². The van der Waals surface area contributed by atoms with Gasteiger partial charge < -0.3 is 10.4 Å². The van der Waals surface area contributed by atoms with E-state index < -0.39 is 5.97 Å². The van der Waals surface area contributed by atoms with E-state index in [2.05, 4.69) is 5.32 Å². The van der Waals surface area contributed by atoms with Gasteiger partial charge in [0.1, 0.15) is 0 Å². The van der Waals surface area contributed by atoms with Crippen molar-refractivity contribution in [2.24, 2.45) is 0 Å². The van der Waals surface area contributed by atoms with Crippen LogP contribution in [0.3, 0.4) is 0 Å². The lowest BCUT2D eigenvalue weighted by molar-refractivity contribution is -0.136. The van der Waals surface area contributed by atoms with Crippen LogP contribution in [0.25, 0.3) is 0 Å². The molecular formula is C12H13NO3. The quantitative estimate of drug-likeness (QED) is 0.761. The summed E-state index contributed by atoms with van der Waals surface area (Å²) in [4.78, 5) is 21.8. The number of carboxylic acid groups (broad SMARTS) is 1. The number of amides is 1. The van der Waals surface area contributed by atoms with Crippen LogP contribution >= 0.6 is 0 Å². The topological polar surface area (TPSA) is 66.4 Å². The van der Waals surface area contributed by atoms with Crippen LogP contribution in [0.4, 0.5) is 5.69 Å². The molecule has 0 fully saturated rings.